The van der Waals surface area contributed by atoms with Crippen LogP contribution in [0, 0.1) is 0 Å². The topological polar surface area (TPSA) is 69.4 Å². The molecule has 0 aromatic heterocycles. The minimum absolute atomic E-state index is 0.0339. The lowest BCUT2D eigenvalue weighted by atomic mass is 10.2. The molecule has 0 saturated carbocycles. The first-order valence-corrected chi connectivity index (χ1v) is 8.42. The number of hydrogen-bond donors (Lipinski definition) is 1. The minimum Gasteiger partial charge on any atom is -0.491 e. The van der Waals surface area contributed by atoms with Gasteiger partial charge >= 0.3 is 0 Å². The summed E-state index contributed by atoms with van der Waals surface area (Å²) in [5, 5.41) is 0. The number of nitrogens with two attached hydrogens (primary N) is 1. The minimum atomic E-state index is -3.01. The van der Waals surface area contributed by atoms with Crippen LogP contribution in [0.15, 0.2) is 22.7 Å². The number of sulfone groups is 1. The van der Waals surface area contributed by atoms with Crippen molar-refractivity contribution in [1.82, 2.24) is 0 Å². The van der Waals surface area contributed by atoms with Crippen LogP contribution in [0.3, 0.4) is 0 Å². The first kappa shape index (κ1) is 15.5. The summed E-state index contributed by atoms with van der Waals surface area (Å²) < 4.78 is 29.4. The quantitative estimate of drug-likeness (QED) is 0.828. The Bertz CT molecular complexity index is 488. The van der Waals surface area contributed by atoms with E-state index in [0.29, 0.717) is 18.7 Å². The van der Waals surface area contributed by atoms with Gasteiger partial charge in [0.2, 0.25) is 0 Å². The molecule has 2 N–H and O–H groups in total. The largest absolute Gasteiger partial charge is 0.491 e. The van der Waals surface area contributed by atoms with E-state index in [1.807, 2.05) is 25.1 Å². The van der Waals surface area contributed by atoms with E-state index in [1.165, 1.54) is 0 Å². The summed E-state index contributed by atoms with van der Waals surface area (Å²) in [6, 6.07) is 5.57. The van der Waals surface area contributed by atoms with Gasteiger partial charge in [-0.2, -0.15) is 0 Å². The Morgan fingerprint density at radius 2 is 2.06 bits per heavy atom. The van der Waals surface area contributed by atoms with Crippen LogP contribution >= 0.6 is 15.9 Å². The fraction of sp³-hybridized carbons (Fsp3) is 0.500. The average Bonchev–Trinajstić information content (AvgIpc) is 2.30. The molecule has 102 valence electrons. The smallest absolute Gasteiger partial charge is 0.153 e. The number of halogens is 1. The molecule has 4 nitrogen and oxygen atoms in total. The highest BCUT2D eigenvalue weighted by molar-refractivity contribution is 9.10. The standard InChI is InChI=1S/C12H18BrNO3S/c1-2-7-18(15,16)8-6-17-12-10(9-14)4-3-5-11(12)13/h3-5H,2,6-9,14H2,1H3. The fourth-order valence-corrected chi connectivity index (χ4v) is 3.24. The van der Waals surface area contributed by atoms with Gasteiger partial charge in [0.1, 0.15) is 12.4 Å². The van der Waals surface area contributed by atoms with E-state index in [1.54, 1.807) is 0 Å². The van der Waals surface area contributed by atoms with E-state index in [9.17, 15) is 8.42 Å². The van der Waals surface area contributed by atoms with Gasteiger partial charge in [-0.05, 0) is 28.4 Å². The Morgan fingerprint density at radius 3 is 2.67 bits per heavy atom. The van der Waals surface area contributed by atoms with Gasteiger partial charge in [0.15, 0.2) is 9.84 Å². The molecule has 0 saturated heterocycles. The number of para-hydroxylation sites is 1. The Hall–Kier alpha value is -0.590. The molecule has 1 aromatic carbocycles. The van der Waals surface area contributed by atoms with Gasteiger partial charge in [-0.15, -0.1) is 0 Å². The highest BCUT2D eigenvalue weighted by Gasteiger charge is 2.11. The van der Waals surface area contributed by atoms with Crippen LogP contribution in [-0.2, 0) is 16.4 Å². The molecule has 6 heteroatoms. The summed E-state index contributed by atoms with van der Waals surface area (Å²) in [5.74, 6) is 0.870. The summed E-state index contributed by atoms with van der Waals surface area (Å²) in [4.78, 5) is 0. The zero-order valence-electron chi connectivity index (χ0n) is 10.4. The highest BCUT2D eigenvalue weighted by atomic mass is 79.9. The maximum Gasteiger partial charge on any atom is 0.153 e. The monoisotopic (exact) mass is 335 g/mol. The van der Waals surface area contributed by atoms with E-state index in [2.05, 4.69) is 15.9 Å². The van der Waals surface area contributed by atoms with Crippen molar-refractivity contribution in [3.63, 3.8) is 0 Å². The molecule has 0 atom stereocenters. The number of hydrogen-bond acceptors (Lipinski definition) is 4. The zero-order valence-corrected chi connectivity index (χ0v) is 12.8. The molecule has 0 bridgehead atoms. The average molecular weight is 336 g/mol. The van der Waals surface area contributed by atoms with Crippen LogP contribution in [0.25, 0.3) is 0 Å². The molecule has 0 heterocycles. The SMILES string of the molecule is CCCS(=O)(=O)CCOc1c(Br)cccc1CN. The van der Waals surface area contributed by atoms with Crippen molar-refractivity contribution >= 4 is 25.8 Å². The number of rotatable bonds is 7. The molecular formula is C12H18BrNO3S. The van der Waals surface area contributed by atoms with Crippen LogP contribution in [-0.4, -0.2) is 26.5 Å². The highest BCUT2D eigenvalue weighted by Crippen LogP contribution is 2.28. The Morgan fingerprint density at radius 1 is 1.33 bits per heavy atom. The van der Waals surface area contributed by atoms with Gasteiger partial charge in [0.25, 0.3) is 0 Å². The Kier molecular flexibility index (Phi) is 6.11. The molecule has 1 aromatic rings. The Labute approximate surface area is 117 Å². The van der Waals surface area contributed by atoms with Gasteiger partial charge < -0.3 is 10.5 Å². The molecule has 0 aliphatic rings. The molecule has 0 fully saturated rings. The molecule has 18 heavy (non-hydrogen) atoms. The van der Waals surface area contributed by atoms with Crippen molar-refractivity contribution in [1.29, 1.82) is 0 Å². The lowest BCUT2D eigenvalue weighted by Gasteiger charge is -2.12. The molecule has 1 rings (SSSR count). The van der Waals surface area contributed by atoms with Gasteiger partial charge in [-0.1, -0.05) is 19.1 Å². The van der Waals surface area contributed by atoms with E-state index in [-0.39, 0.29) is 18.1 Å². The maximum atomic E-state index is 11.5. The molecule has 0 amide bonds. The first-order chi connectivity index (χ1) is 8.50. The molecule has 0 radical (unpaired) electrons. The van der Waals surface area contributed by atoms with Crippen LogP contribution in [0.2, 0.25) is 0 Å². The summed E-state index contributed by atoms with van der Waals surface area (Å²) in [7, 11) is -3.01. The van der Waals surface area contributed by atoms with Gasteiger partial charge in [-0.25, -0.2) is 8.42 Å². The maximum absolute atomic E-state index is 11.5. The second-order valence-corrected chi connectivity index (χ2v) is 7.09. The Balaban J connectivity index is 2.64. The van der Waals surface area contributed by atoms with Crippen LogP contribution < -0.4 is 10.5 Å². The van der Waals surface area contributed by atoms with Crippen molar-refractivity contribution in [3.05, 3.63) is 28.2 Å². The summed E-state index contributed by atoms with van der Waals surface area (Å²) in [5.41, 5.74) is 6.46. The second kappa shape index (κ2) is 7.11. The van der Waals surface area contributed by atoms with Crippen molar-refractivity contribution in [2.45, 2.75) is 19.9 Å². The van der Waals surface area contributed by atoms with Crippen LogP contribution in [0.1, 0.15) is 18.9 Å². The normalized spacial score (nSPS) is 11.5. The predicted octanol–water partition coefficient (Wildman–Crippen LogP) is 2.11. The van der Waals surface area contributed by atoms with Gasteiger partial charge in [-0.3, -0.25) is 0 Å². The third kappa shape index (κ3) is 4.59. The van der Waals surface area contributed by atoms with Crippen molar-refractivity contribution in [3.8, 4) is 5.75 Å². The van der Waals surface area contributed by atoms with E-state index < -0.39 is 9.84 Å². The summed E-state index contributed by atoms with van der Waals surface area (Å²) in [6.07, 6.45) is 0.630. The van der Waals surface area contributed by atoms with Crippen LogP contribution in [0.4, 0.5) is 0 Å². The fourth-order valence-electron chi connectivity index (χ4n) is 1.56. The first-order valence-electron chi connectivity index (χ1n) is 5.81. The van der Waals surface area contributed by atoms with Crippen molar-refractivity contribution in [2.24, 2.45) is 5.73 Å². The molecular weight excluding hydrogens is 318 g/mol. The number of ether oxygens (including phenoxy) is 1. The van der Waals surface area contributed by atoms with E-state index in [4.69, 9.17) is 10.5 Å². The second-order valence-electron chi connectivity index (χ2n) is 3.93. The third-order valence-corrected chi connectivity index (χ3v) is 4.87. The number of benzene rings is 1. The van der Waals surface area contributed by atoms with E-state index >= 15 is 0 Å². The van der Waals surface area contributed by atoms with Crippen molar-refractivity contribution in [2.75, 3.05) is 18.1 Å². The van der Waals surface area contributed by atoms with E-state index in [0.717, 1.165) is 10.0 Å². The third-order valence-electron chi connectivity index (χ3n) is 2.42. The molecule has 0 aliphatic carbocycles. The molecule has 0 aliphatic heterocycles. The predicted molar refractivity (Wildman–Crippen MR) is 76.5 cm³/mol. The zero-order chi connectivity index (χ0) is 13.6. The lowest BCUT2D eigenvalue weighted by Crippen LogP contribution is -2.17. The molecule has 0 unspecified atom stereocenters. The molecule has 0 spiro atoms. The van der Waals surface area contributed by atoms with Crippen molar-refractivity contribution < 1.29 is 13.2 Å². The lowest BCUT2D eigenvalue weighted by molar-refractivity contribution is 0.335. The van der Waals surface area contributed by atoms with Gasteiger partial charge in [0, 0.05) is 12.1 Å². The summed E-state index contributed by atoms with van der Waals surface area (Å²) >= 11 is 3.37. The van der Waals surface area contributed by atoms with Crippen LogP contribution in [0.5, 0.6) is 5.75 Å². The van der Waals surface area contributed by atoms with Gasteiger partial charge in [0.05, 0.1) is 16.0 Å². The summed E-state index contributed by atoms with van der Waals surface area (Å²) in [6.45, 7) is 2.35.